The van der Waals surface area contributed by atoms with Crippen molar-refractivity contribution in [3.8, 4) is 51.0 Å². The van der Waals surface area contributed by atoms with E-state index in [4.69, 9.17) is 19.4 Å². The highest BCUT2D eigenvalue weighted by Gasteiger charge is 2.19. The topological polar surface area (TPSA) is 56.7 Å². The fourth-order valence-corrected chi connectivity index (χ4v) is 7.12. The zero-order chi connectivity index (χ0) is 33.0. The SMILES string of the molecule is c1ccc(-c2cccc(-c3nc(-c4ccccc4)nc(-c4cccc(-n5c6ccccc6c6c7oc8ccccc8c7ccc65)c4)n3)c2)cc1. The van der Waals surface area contributed by atoms with E-state index in [9.17, 15) is 0 Å². The first-order valence-corrected chi connectivity index (χ1v) is 16.7. The quantitative estimate of drug-likeness (QED) is 0.188. The van der Waals surface area contributed by atoms with E-state index in [1.807, 2.05) is 48.5 Å². The lowest BCUT2D eigenvalue weighted by atomic mass is 10.0. The van der Waals surface area contributed by atoms with E-state index >= 15 is 0 Å². The largest absolute Gasteiger partial charge is 0.455 e. The maximum absolute atomic E-state index is 6.52. The molecule has 7 aromatic carbocycles. The van der Waals surface area contributed by atoms with Gasteiger partial charge in [0, 0.05) is 38.5 Å². The maximum Gasteiger partial charge on any atom is 0.164 e. The zero-order valence-electron chi connectivity index (χ0n) is 26.9. The van der Waals surface area contributed by atoms with E-state index in [1.54, 1.807) is 0 Å². The summed E-state index contributed by atoms with van der Waals surface area (Å²) in [5.41, 5.74) is 10.0. The van der Waals surface area contributed by atoms with Crippen LogP contribution in [0.4, 0.5) is 0 Å². The normalized spacial score (nSPS) is 11.6. The highest BCUT2D eigenvalue weighted by Crippen LogP contribution is 2.41. The summed E-state index contributed by atoms with van der Waals surface area (Å²) in [5, 5.41) is 4.49. The minimum atomic E-state index is 0.612. The molecule has 0 atom stereocenters. The molecule has 0 amide bonds. The van der Waals surface area contributed by atoms with Crippen LogP contribution >= 0.6 is 0 Å². The molecule has 0 saturated carbocycles. The van der Waals surface area contributed by atoms with Gasteiger partial charge in [-0.05, 0) is 53.6 Å². The van der Waals surface area contributed by atoms with Gasteiger partial charge in [-0.15, -0.1) is 0 Å². The summed E-state index contributed by atoms with van der Waals surface area (Å²) in [6.45, 7) is 0. The summed E-state index contributed by atoms with van der Waals surface area (Å²) in [6.07, 6.45) is 0. The van der Waals surface area contributed by atoms with E-state index in [2.05, 4.69) is 126 Å². The summed E-state index contributed by atoms with van der Waals surface area (Å²) in [4.78, 5) is 15.1. The Balaban J connectivity index is 1.16. The summed E-state index contributed by atoms with van der Waals surface area (Å²) in [7, 11) is 0. The van der Waals surface area contributed by atoms with Gasteiger partial charge < -0.3 is 8.98 Å². The highest BCUT2D eigenvalue weighted by atomic mass is 16.3. The Bertz CT molecular complexity index is 2870. The van der Waals surface area contributed by atoms with Crippen LogP contribution in [-0.4, -0.2) is 19.5 Å². The molecule has 0 bridgehead atoms. The first-order valence-electron chi connectivity index (χ1n) is 16.7. The zero-order valence-corrected chi connectivity index (χ0v) is 26.9. The lowest BCUT2D eigenvalue weighted by Crippen LogP contribution is -2.01. The van der Waals surface area contributed by atoms with E-state index in [0.29, 0.717) is 17.5 Å². The fraction of sp³-hybridized carbons (Fsp3) is 0. The Morgan fingerprint density at radius 3 is 1.74 bits per heavy atom. The van der Waals surface area contributed by atoms with Crippen LogP contribution in [0, 0.1) is 0 Å². The van der Waals surface area contributed by atoms with Gasteiger partial charge in [-0.3, -0.25) is 0 Å². The number of rotatable bonds is 5. The fourth-order valence-electron chi connectivity index (χ4n) is 7.12. The van der Waals surface area contributed by atoms with Crippen molar-refractivity contribution in [3.63, 3.8) is 0 Å². The molecule has 0 N–H and O–H groups in total. The summed E-state index contributed by atoms with van der Waals surface area (Å²) < 4.78 is 8.83. The molecule has 0 aliphatic rings. The second-order valence-corrected chi connectivity index (χ2v) is 12.5. The minimum Gasteiger partial charge on any atom is -0.455 e. The van der Waals surface area contributed by atoms with E-state index in [1.165, 1.54) is 0 Å². The van der Waals surface area contributed by atoms with Crippen LogP contribution in [0.5, 0.6) is 0 Å². The van der Waals surface area contributed by atoms with Crippen LogP contribution in [0.15, 0.2) is 174 Å². The molecular formula is C45H28N4O. The predicted molar refractivity (Wildman–Crippen MR) is 203 cm³/mol. The Morgan fingerprint density at radius 1 is 0.380 bits per heavy atom. The first kappa shape index (κ1) is 28.2. The smallest absolute Gasteiger partial charge is 0.164 e. The van der Waals surface area contributed by atoms with E-state index in [-0.39, 0.29) is 0 Å². The number of nitrogens with zero attached hydrogens (tertiary/aromatic N) is 4. The van der Waals surface area contributed by atoms with Crippen LogP contribution in [0.2, 0.25) is 0 Å². The molecule has 234 valence electrons. The maximum atomic E-state index is 6.52. The van der Waals surface area contributed by atoms with E-state index < -0.39 is 0 Å². The molecular weight excluding hydrogens is 613 g/mol. The molecule has 0 fully saturated rings. The van der Waals surface area contributed by atoms with Crippen LogP contribution in [0.3, 0.4) is 0 Å². The molecule has 0 radical (unpaired) electrons. The van der Waals surface area contributed by atoms with Crippen molar-refractivity contribution < 1.29 is 4.42 Å². The Labute approximate surface area is 287 Å². The number of fused-ring (bicyclic) bond motifs is 7. The van der Waals surface area contributed by atoms with Crippen molar-refractivity contribution in [1.29, 1.82) is 0 Å². The number of hydrogen-bond donors (Lipinski definition) is 0. The van der Waals surface area contributed by atoms with Gasteiger partial charge in [-0.1, -0.05) is 127 Å². The van der Waals surface area contributed by atoms with Crippen LogP contribution < -0.4 is 0 Å². The Morgan fingerprint density at radius 2 is 0.960 bits per heavy atom. The van der Waals surface area contributed by atoms with Gasteiger partial charge in [0.05, 0.1) is 16.4 Å². The molecule has 5 nitrogen and oxygen atoms in total. The first-order chi connectivity index (χ1) is 24.8. The van der Waals surface area contributed by atoms with E-state index in [0.717, 1.165) is 77.2 Å². The summed E-state index contributed by atoms with van der Waals surface area (Å²) in [6, 6.07) is 58.5. The second kappa shape index (κ2) is 11.4. The summed E-state index contributed by atoms with van der Waals surface area (Å²) >= 11 is 0. The number of furan rings is 1. The van der Waals surface area contributed by atoms with Crippen molar-refractivity contribution >= 4 is 43.7 Å². The lowest BCUT2D eigenvalue weighted by Gasteiger charge is -2.12. The molecule has 0 unspecified atom stereocenters. The van der Waals surface area contributed by atoms with Gasteiger partial charge >= 0.3 is 0 Å². The van der Waals surface area contributed by atoms with Crippen molar-refractivity contribution in [2.45, 2.75) is 0 Å². The Hall–Kier alpha value is -6.85. The molecule has 50 heavy (non-hydrogen) atoms. The average Bonchev–Trinajstić information content (AvgIpc) is 3.74. The molecule has 3 aromatic heterocycles. The van der Waals surface area contributed by atoms with Gasteiger partial charge in [0.1, 0.15) is 11.2 Å². The molecule has 5 heteroatoms. The van der Waals surface area contributed by atoms with Crippen molar-refractivity contribution in [1.82, 2.24) is 19.5 Å². The number of aromatic nitrogens is 4. The van der Waals surface area contributed by atoms with Crippen LogP contribution in [-0.2, 0) is 0 Å². The monoisotopic (exact) mass is 640 g/mol. The van der Waals surface area contributed by atoms with Crippen molar-refractivity contribution in [2.75, 3.05) is 0 Å². The molecule has 0 aliphatic heterocycles. The van der Waals surface area contributed by atoms with Gasteiger partial charge in [0.2, 0.25) is 0 Å². The van der Waals surface area contributed by atoms with Crippen molar-refractivity contribution in [3.05, 3.63) is 170 Å². The third-order valence-corrected chi connectivity index (χ3v) is 9.44. The molecule has 0 spiro atoms. The highest BCUT2D eigenvalue weighted by molar-refractivity contribution is 6.23. The average molecular weight is 641 g/mol. The number of benzene rings is 7. The molecule has 10 rings (SSSR count). The standard InChI is InChI=1S/C45H28N4O/c1-3-13-29(14-4-1)31-17-11-18-32(27-31)44-46-43(30-15-5-2-6-16-30)47-45(48-44)33-19-12-20-34(28-33)49-38-23-9-7-22-37(38)41-39(49)26-25-36-35-21-8-10-24-40(35)50-42(36)41/h1-28H. The second-order valence-electron chi connectivity index (χ2n) is 12.5. The van der Waals surface area contributed by atoms with Crippen LogP contribution in [0.25, 0.3) is 94.7 Å². The lowest BCUT2D eigenvalue weighted by molar-refractivity contribution is 0.673. The van der Waals surface area contributed by atoms with Crippen molar-refractivity contribution in [2.24, 2.45) is 0 Å². The third kappa shape index (κ3) is 4.60. The molecule has 0 saturated heterocycles. The number of para-hydroxylation sites is 2. The third-order valence-electron chi connectivity index (χ3n) is 9.44. The predicted octanol–water partition coefficient (Wildman–Crippen LogP) is 11.5. The minimum absolute atomic E-state index is 0.612. The van der Waals surface area contributed by atoms with Crippen LogP contribution in [0.1, 0.15) is 0 Å². The van der Waals surface area contributed by atoms with Gasteiger partial charge in [-0.2, -0.15) is 0 Å². The molecule has 10 aromatic rings. The molecule has 3 heterocycles. The van der Waals surface area contributed by atoms with Gasteiger partial charge in [-0.25, -0.2) is 15.0 Å². The molecule has 0 aliphatic carbocycles. The van der Waals surface area contributed by atoms with Gasteiger partial charge in [0.15, 0.2) is 17.5 Å². The Kier molecular flexibility index (Phi) is 6.42. The number of hydrogen-bond acceptors (Lipinski definition) is 4. The summed E-state index contributed by atoms with van der Waals surface area (Å²) in [5.74, 6) is 1.87. The van der Waals surface area contributed by atoms with Gasteiger partial charge in [0.25, 0.3) is 0 Å².